The van der Waals surface area contributed by atoms with Crippen LogP contribution in [0.4, 0.5) is 0 Å². The normalized spacial score (nSPS) is 9.75. The quantitative estimate of drug-likeness (QED) is 0.645. The molecule has 0 spiro atoms. The van der Waals surface area contributed by atoms with Crippen molar-refractivity contribution < 1.29 is 9.59 Å². The van der Waals surface area contributed by atoms with Crippen molar-refractivity contribution in [1.82, 2.24) is 10.6 Å². The molecule has 2 rings (SSSR count). The molecule has 0 saturated carbocycles. The maximum absolute atomic E-state index is 11.5. The predicted molar refractivity (Wildman–Crippen MR) is 74.4 cm³/mol. The summed E-state index contributed by atoms with van der Waals surface area (Å²) in [6, 6.07) is 15.3. The van der Waals surface area contributed by atoms with Crippen LogP contribution in [0.1, 0.15) is 5.56 Å². The summed E-state index contributed by atoms with van der Waals surface area (Å²) >= 11 is 0. The van der Waals surface area contributed by atoms with E-state index in [0.717, 1.165) is 16.3 Å². The summed E-state index contributed by atoms with van der Waals surface area (Å²) in [5, 5.41) is 15.2. The van der Waals surface area contributed by atoms with E-state index in [1.54, 1.807) is 6.07 Å². The first-order valence-corrected chi connectivity index (χ1v) is 6.12. The molecule has 0 radical (unpaired) electrons. The van der Waals surface area contributed by atoms with E-state index in [4.69, 9.17) is 5.26 Å². The minimum absolute atomic E-state index is 0.180. The minimum atomic E-state index is -0.799. The highest BCUT2D eigenvalue weighted by Gasteiger charge is 2.12. The van der Waals surface area contributed by atoms with Gasteiger partial charge in [0.25, 0.3) is 0 Å². The average Bonchev–Trinajstić information content (AvgIpc) is 2.50. The highest BCUT2D eigenvalue weighted by Crippen LogP contribution is 2.18. The summed E-state index contributed by atoms with van der Waals surface area (Å²) in [5.41, 5.74) is 0.935. The molecule has 0 unspecified atom stereocenters. The fourth-order valence-electron chi connectivity index (χ4n) is 1.90. The molecule has 2 N–H and O–H groups in total. The van der Waals surface area contributed by atoms with E-state index in [-0.39, 0.29) is 13.1 Å². The zero-order valence-corrected chi connectivity index (χ0v) is 10.7. The Bertz CT molecular complexity index is 684. The molecule has 5 heteroatoms. The lowest BCUT2D eigenvalue weighted by Crippen LogP contribution is -2.39. The van der Waals surface area contributed by atoms with Crippen LogP contribution in [0.2, 0.25) is 0 Å². The van der Waals surface area contributed by atoms with Crippen LogP contribution >= 0.6 is 0 Å². The molecule has 2 amide bonds. The second-order valence-electron chi connectivity index (χ2n) is 4.16. The van der Waals surface area contributed by atoms with Crippen LogP contribution in [-0.4, -0.2) is 18.4 Å². The average molecular weight is 267 g/mol. The summed E-state index contributed by atoms with van der Waals surface area (Å²) < 4.78 is 0. The highest BCUT2D eigenvalue weighted by molar-refractivity contribution is 6.35. The lowest BCUT2D eigenvalue weighted by Gasteiger charge is -2.08. The van der Waals surface area contributed by atoms with Gasteiger partial charge in [0.15, 0.2) is 0 Å². The molecule has 0 fully saturated rings. The number of hydrogen-bond acceptors (Lipinski definition) is 3. The second kappa shape index (κ2) is 6.34. The Balaban J connectivity index is 2.05. The van der Waals surface area contributed by atoms with E-state index in [0.29, 0.717) is 0 Å². The van der Waals surface area contributed by atoms with Crippen molar-refractivity contribution >= 4 is 22.6 Å². The van der Waals surface area contributed by atoms with Gasteiger partial charge in [0.1, 0.15) is 6.54 Å². The van der Waals surface area contributed by atoms with Gasteiger partial charge in [0, 0.05) is 6.54 Å². The molecule has 0 aliphatic heterocycles. The maximum Gasteiger partial charge on any atom is 0.310 e. The van der Waals surface area contributed by atoms with Crippen molar-refractivity contribution in [3.05, 3.63) is 48.0 Å². The van der Waals surface area contributed by atoms with E-state index < -0.39 is 11.8 Å². The maximum atomic E-state index is 11.5. The standard InChI is InChI=1S/C15H13N3O2/c16-8-9-17-14(19)15(20)18-10-12-6-3-5-11-4-1-2-7-13(11)12/h1-7H,9-10H2,(H,17,19)(H,18,20). The van der Waals surface area contributed by atoms with Gasteiger partial charge in [0.05, 0.1) is 6.07 Å². The number of fused-ring (bicyclic) bond motifs is 1. The molecule has 5 nitrogen and oxygen atoms in total. The summed E-state index contributed by atoms with van der Waals surface area (Å²) in [6.07, 6.45) is 0. The molecule has 0 aliphatic rings. The first-order chi connectivity index (χ1) is 9.72. The zero-order valence-electron chi connectivity index (χ0n) is 10.7. The number of amides is 2. The molecule has 100 valence electrons. The van der Waals surface area contributed by atoms with Gasteiger partial charge >= 0.3 is 11.8 Å². The van der Waals surface area contributed by atoms with Crippen LogP contribution in [-0.2, 0) is 16.1 Å². The predicted octanol–water partition coefficient (Wildman–Crippen LogP) is 1.10. The van der Waals surface area contributed by atoms with Gasteiger partial charge in [-0.15, -0.1) is 0 Å². The fourth-order valence-corrected chi connectivity index (χ4v) is 1.90. The van der Waals surface area contributed by atoms with Gasteiger partial charge in [-0.25, -0.2) is 0 Å². The van der Waals surface area contributed by atoms with Crippen molar-refractivity contribution in [3.8, 4) is 6.07 Å². The lowest BCUT2D eigenvalue weighted by molar-refractivity contribution is -0.139. The number of nitrogens with one attached hydrogen (secondary N) is 2. The number of nitriles is 1. The van der Waals surface area contributed by atoms with E-state index in [2.05, 4.69) is 10.6 Å². The van der Waals surface area contributed by atoms with Crippen LogP contribution in [0.25, 0.3) is 10.8 Å². The van der Waals surface area contributed by atoms with Crippen molar-refractivity contribution in [2.24, 2.45) is 0 Å². The molecule has 2 aromatic rings. The summed E-state index contributed by atoms with van der Waals surface area (Å²) in [5.74, 6) is -1.54. The third kappa shape index (κ3) is 3.12. The lowest BCUT2D eigenvalue weighted by atomic mass is 10.0. The summed E-state index contributed by atoms with van der Waals surface area (Å²) in [6.45, 7) is 0.0840. The number of hydrogen-bond donors (Lipinski definition) is 2. The molecule has 0 saturated heterocycles. The number of carbonyl (C=O) groups is 2. The van der Waals surface area contributed by atoms with Gasteiger partial charge in [-0.05, 0) is 16.3 Å². The monoisotopic (exact) mass is 267 g/mol. The molecule has 0 atom stereocenters. The topological polar surface area (TPSA) is 82.0 Å². The molecule has 0 aliphatic carbocycles. The van der Waals surface area contributed by atoms with Crippen molar-refractivity contribution in [1.29, 1.82) is 5.26 Å². The van der Waals surface area contributed by atoms with Crippen molar-refractivity contribution in [3.63, 3.8) is 0 Å². The molecule has 2 aromatic carbocycles. The smallest absolute Gasteiger partial charge is 0.310 e. The molecule has 0 heterocycles. The number of benzene rings is 2. The van der Waals surface area contributed by atoms with Crippen molar-refractivity contribution in [2.45, 2.75) is 6.54 Å². The van der Waals surface area contributed by atoms with E-state index >= 15 is 0 Å². The second-order valence-corrected chi connectivity index (χ2v) is 4.16. The number of nitrogens with zero attached hydrogens (tertiary/aromatic N) is 1. The van der Waals surface area contributed by atoms with Gasteiger partial charge in [-0.3, -0.25) is 9.59 Å². The third-order valence-corrected chi connectivity index (χ3v) is 2.85. The van der Waals surface area contributed by atoms with Gasteiger partial charge < -0.3 is 10.6 Å². The van der Waals surface area contributed by atoms with Gasteiger partial charge in [-0.1, -0.05) is 42.5 Å². The first-order valence-electron chi connectivity index (χ1n) is 6.12. The Kier molecular flexibility index (Phi) is 4.30. The van der Waals surface area contributed by atoms with Gasteiger partial charge in [-0.2, -0.15) is 5.26 Å². The third-order valence-electron chi connectivity index (χ3n) is 2.85. The van der Waals surface area contributed by atoms with Crippen LogP contribution in [0.5, 0.6) is 0 Å². The first kappa shape index (κ1) is 13.6. The fraction of sp³-hybridized carbons (Fsp3) is 0.133. The molecular weight excluding hydrogens is 254 g/mol. The molecule has 0 aromatic heterocycles. The summed E-state index contributed by atoms with van der Waals surface area (Å²) in [4.78, 5) is 22.8. The van der Waals surface area contributed by atoms with Crippen LogP contribution < -0.4 is 10.6 Å². The van der Waals surface area contributed by atoms with Crippen LogP contribution in [0, 0.1) is 11.3 Å². The Morgan fingerprint density at radius 1 is 1.00 bits per heavy atom. The number of carbonyl (C=O) groups excluding carboxylic acids is 2. The van der Waals surface area contributed by atoms with Crippen molar-refractivity contribution in [2.75, 3.05) is 6.54 Å². The Labute approximate surface area is 116 Å². The summed E-state index contributed by atoms with van der Waals surface area (Å²) in [7, 11) is 0. The SMILES string of the molecule is N#CCNC(=O)C(=O)NCc1cccc2ccccc12. The molecular formula is C15H13N3O2. The van der Waals surface area contributed by atoms with Crippen LogP contribution in [0.15, 0.2) is 42.5 Å². The van der Waals surface area contributed by atoms with E-state index in [1.807, 2.05) is 42.5 Å². The van der Waals surface area contributed by atoms with E-state index in [9.17, 15) is 9.59 Å². The Morgan fingerprint density at radius 2 is 1.70 bits per heavy atom. The van der Waals surface area contributed by atoms with Gasteiger partial charge in [0.2, 0.25) is 0 Å². The number of rotatable bonds is 3. The Morgan fingerprint density at radius 3 is 2.50 bits per heavy atom. The minimum Gasteiger partial charge on any atom is -0.344 e. The van der Waals surface area contributed by atoms with E-state index in [1.165, 1.54) is 0 Å². The largest absolute Gasteiger partial charge is 0.344 e. The molecule has 0 bridgehead atoms. The highest BCUT2D eigenvalue weighted by atomic mass is 16.2. The zero-order chi connectivity index (χ0) is 14.4. The molecule has 20 heavy (non-hydrogen) atoms. The van der Waals surface area contributed by atoms with Crippen LogP contribution in [0.3, 0.4) is 0 Å². The Hall–Kier alpha value is -2.87.